The van der Waals surface area contributed by atoms with Crippen LogP contribution < -0.4 is 5.32 Å². The van der Waals surface area contributed by atoms with Crippen LogP contribution in [0.15, 0.2) is 41.5 Å². The van der Waals surface area contributed by atoms with Crippen molar-refractivity contribution in [1.82, 2.24) is 9.78 Å². The predicted molar refractivity (Wildman–Crippen MR) is 103 cm³/mol. The number of hydrogen-bond acceptors (Lipinski definition) is 5. The number of hydrogen-bond donors (Lipinski definition) is 1. The minimum absolute atomic E-state index is 0.0374. The number of carbonyl (C=O) groups is 1. The first-order valence-electron chi connectivity index (χ1n) is 7.85. The summed E-state index contributed by atoms with van der Waals surface area (Å²) in [5.74, 6) is 1.59. The lowest BCUT2D eigenvalue weighted by atomic mass is 10.2. The summed E-state index contributed by atoms with van der Waals surface area (Å²) in [5.41, 5.74) is 2.24. The van der Waals surface area contributed by atoms with E-state index in [4.69, 9.17) is 0 Å². The lowest BCUT2D eigenvalue weighted by Crippen LogP contribution is -2.25. The van der Waals surface area contributed by atoms with Crippen molar-refractivity contribution in [3.05, 3.63) is 42.1 Å². The molecule has 1 aromatic carbocycles. The highest BCUT2D eigenvalue weighted by molar-refractivity contribution is 8.39. The van der Waals surface area contributed by atoms with Crippen LogP contribution in [0.25, 0.3) is 0 Å². The van der Waals surface area contributed by atoms with Gasteiger partial charge in [0, 0.05) is 17.9 Å². The van der Waals surface area contributed by atoms with Gasteiger partial charge in [-0.05, 0) is 32.4 Å². The van der Waals surface area contributed by atoms with E-state index in [1.165, 1.54) is 17.3 Å². The summed E-state index contributed by atoms with van der Waals surface area (Å²) < 4.78 is 2.74. The van der Waals surface area contributed by atoms with Gasteiger partial charge in [0.05, 0.1) is 17.1 Å². The van der Waals surface area contributed by atoms with Crippen LogP contribution in [0.3, 0.4) is 0 Å². The average Bonchev–Trinajstić information content (AvgIpc) is 3.03. The van der Waals surface area contributed by atoms with E-state index in [2.05, 4.69) is 21.5 Å². The van der Waals surface area contributed by atoms with Crippen LogP contribution in [0.2, 0.25) is 0 Å². The van der Waals surface area contributed by atoms with Crippen LogP contribution >= 0.6 is 23.5 Å². The predicted octanol–water partition coefficient (Wildman–Crippen LogP) is 4.46. The molecule has 1 N–H and O–H groups in total. The quantitative estimate of drug-likeness (QED) is 0.874. The molecule has 24 heavy (non-hydrogen) atoms. The van der Waals surface area contributed by atoms with Crippen molar-refractivity contribution in [1.29, 1.82) is 0 Å². The van der Waals surface area contributed by atoms with Crippen molar-refractivity contribution in [2.75, 3.05) is 5.32 Å². The van der Waals surface area contributed by atoms with Crippen molar-refractivity contribution in [3.63, 3.8) is 0 Å². The summed E-state index contributed by atoms with van der Waals surface area (Å²) in [7, 11) is 0. The summed E-state index contributed by atoms with van der Waals surface area (Å²) in [6, 6.07) is 10.1. The molecule has 0 bridgehead atoms. The van der Waals surface area contributed by atoms with Crippen LogP contribution in [0.4, 0.5) is 11.5 Å². The first-order chi connectivity index (χ1) is 11.5. The fraction of sp³-hybridized carbons (Fsp3) is 0.353. The summed E-state index contributed by atoms with van der Waals surface area (Å²) in [5, 5.41) is 6.97. The molecule has 0 fully saturated rings. The average molecular weight is 361 g/mol. The molecule has 1 aliphatic heterocycles. The van der Waals surface area contributed by atoms with Crippen LogP contribution in [-0.4, -0.2) is 25.3 Å². The number of rotatable bonds is 4. The Kier molecular flexibility index (Phi) is 5.30. The Morgan fingerprint density at radius 2 is 2.08 bits per heavy atom. The van der Waals surface area contributed by atoms with Gasteiger partial charge in [-0.15, -0.1) is 0 Å². The molecule has 1 aliphatic rings. The highest BCUT2D eigenvalue weighted by Crippen LogP contribution is 2.35. The molecule has 0 saturated carbocycles. The molecule has 5 nitrogen and oxygen atoms in total. The molecule has 1 amide bonds. The van der Waals surface area contributed by atoms with Gasteiger partial charge in [0.15, 0.2) is 0 Å². The fourth-order valence-corrected chi connectivity index (χ4v) is 4.52. The first kappa shape index (κ1) is 17.1. The van der Waals surface area contributed by atoms with Gasteiger partial charge < -0.3 is 5.32 Å². The zero-order valence-electron chi connectivity index (χ0n) is 13.9. The third kappa shape index (κ3) is 3.84. The number of thioether (sulfide) groups is 2. The van der Waals surface area contributed by atoms with Gasteiger partial charge in [-0.3, -0.25) is 4.79 Å². The number of benzene rings is 1. The maximum Gasteiger partial charge on any atom is 0.238 e. The second kappa shape index (κ2) is 7.44. The van der Waals surface area contributed by atoms with E-state index in [1.54, 1.807) is 22.6 Å². The lowest BCUT2D eigenvalue weighted by Gasteiger charge is -2.18. The number of anilines is 1. The molecule has 3 rings (SSSR count). The number of amides is 1. The fourth-order valence-electron chi connectivity index (χ4n) is 2.33. The number of para-hydroxylation sites is 1. The van der Waals surface area contributed by atoms with E-state index >= 15 is 0 Å². The largest absolute Gasteiger partial charge is 0.310 e. The lowest BCUT2D eigenvalue weighted by molar-refractivity contribution is -0.115. The van der Waals surface area contributed by atoms with Crippen LogP contribution in [-0.2, 0) is 10.5 Å². The number of aliphatic imine (C=N–C) groups is 1. The van der Waals surface area contributed by atoms with Crippen molar-refractivity contribution in [2.24, 2.45) is 4.99 Å². The molecule has 1 atom stereocenters. The third-order valence-electron chi connectivity index (χ3n) is 3.61. The van der Waals surface area contributed by atoms with Gasteiger partial charge in [-0.2, -0.15) is 5.10 Å². The summed E-state index contributed by atoms with van der Waals surface area (Å²) >= 11 is 3.18. The van der Waals surface area contributed by atoms with E-state index in [9.17, 15) is 4.79 Å². The van der Waals surface area contributed by atoms with E-state index in [1.807, 2.05) is 45.0 Å². The van der Waals surface area contributed by atoms with Crippen molar-refractivity contribution in [2.45, 2.75) is 37.8 Å². The molecule has 2 aromatic rings. The van der Waals surface area contributed by atoms with E-state index in [-0.39, 0.29) is 17.2 Å². The van der Waals surface area contributed by atoms with Gasteiger partial charge in [-0.25, -0.2) is 9.67 Å². The number of fused-ring (bicyclic) bond motifs is 1. The number of aromatic nitrogens is 2. The third-order valence-corrected chi connectivity index (χ3v) is 5.91. The van der Waals surface area contributed by atoms with E-state index < -0.39 is 0 Å². The standard InChI is InChI=1S/C17H20N4OS2/c1-11(2)21-15(8-9-18-21)20-16(22)12(3)24-17-19-14-7-5-4-6-13(14)10-23-17/h4-9,11-12H,10H2,1-3H3,(H,20,22). The van der Waals surface area contributed by atoms with Gasteiger partial charge in [0.1, 0.15) is 10.2 Å². The van der Waals surface area contributed by atoms with Crippen LogP contribution in [0, 0.1) is 0 Å². The molecule has 0 saturated heterocycles. The van der Waals surface area contributed by atoms with Crippen molar-refractivity contribution < 1.29 is 4.79 Å². The Labute approximate surface area is 150 Å². The van der Waals surface area contributed by atoms with Gasteiger partial charge >= 0.3 is 0 Å². The Morgan fingerprint density at radius 3 is 2.88 bits per heavy atom. The molecule has 0 spiro atoms. The zero-order valence-corrected chi connectivity index (χ0v) is 15.5. The van der Waals surface area contributed by atoms with Crippen molar-refractivity contribution >= 4 is 45.3 Å². The Balaban J connectivity index is 1.65. The number of nitrogens with one attached hydrogen (secondary N) is 1. The summed E-state index contributed by atoms with van der Waals surface area (Å²) in [6.45, 7) is 5.97. The monoisotopic (exact) mass is 360 g/mol. The van der Waals surface area contributed by atoms with E-state index in [0.717, 1.165) is 21.6 Å². The Hall–Kier alpha value is -1.73. The summed E-state index contributed by atoms with van der Waals surface area (Å²) in [6.07, 6.45) is 1.70. The minimum Gasteiger partial charge on any atom is -0.310 e. The maximum atomic E-state index is 12.5. The smallest absolute Gasteiger partial charge is 0.238 e. The molecular weight excluding hydrogens is 340 g/mol. The Bertz CT molecular complexity index is 769. The molecule has 0 radical (unpaired) electrons. The molecular formula is C17H20N4OS2. The summed E-state index contributed by atoms with van der Waals surface area (Å²) in [4.78, 5) is 17.1. The molecule has 1 aromatic heterocycles. The van der Waals surface area contributed by atoms with Crippen LogP contribution in [0.5, 0.6) is 0 Å². The Morgan fingerprint density at radius 1 is 1.29 bits per heavy atom. The van der Waals surface area contributed by atoms with Crippen molar-refractivity contribution in [3.8, 4) is 0 Å². The molecule has 126 valence electrons. The topological polar surface area (TPSA) is 59.3 Å². The van der Waals surface area contributed by atoms with Gasteiger partial charge in [0.25, 0.3) is 0 Å². The molecule has 0 aliphatic carbocycles. The van der Waals surface area contributed by atoms with Gasteiger partial charge in [0.2, 0.25) is 5.91 Å². The SMILES string of the molecule is CC(SC1=Nc2ccccc2CS1)C(=O)Nc1ccnn1C(C)C. The molecule has 1 unspecified atom stereocenters. The molecule has 7 heteroatoms. The number of carbonyl (C=O) groups excluding carboxylic acids is 1. The first-order valence-corrected chi connectivity index (χ1v) is 9.71. The molecule has 2 heterocycles. The van der Waals surface area contributed by atoms with Crippen LogP contribution in [0.1, 0.15) is 32.4 Å². The normalized spacial score (nSPS) is 14.9. The van der Waals surface area contributed by atoms with Gasteiger partial charge in [-0.1, -0.05) is 41.7 Å². The highest BCUT2D eigenvalue weighted by Gasteiger charge is 2.21. The maximum absolute atomic E-state index is 12.5. The zero-order chi connectivity index (χ0) is 17.1. The second-order valence-corrected chi connectivity index (χ2v) is 8.35. The minimum atomic E-state index is -0.225. The second-order valence-electron chi connectivity index (χ2n) is 5.80. The number of nitrogens with zero attached hydrogens (tertiary/aromatic N) is 3. The van der Waals surface area contributed by atoms with E-state index in [0.29, 0.717) is 0 Å². The highest BCUT2D eigenvalue weighted by atomic mass is 32.2.